The molecule has 3 rings (SSSR count). The van der Waals surface area contributed by atoms with Crippen LogP contribution in [0.15, 0.2) is 42.6 Å². The average Bonchev–Trinajstić information content (AvgIpc) is 3.01. The monoisotopic (exact) mass is 365 g/mol. The molecule has 0 spiro atoms. The quantitative estimate of drug-likeness (QED) is 0.528. The van der Waals surface area contributed by atoms with Gasteiger partial charge >= 0.3 is 0 Å². The molecule has 2 N–H and O–H groups in total. The van der Waals surface area contributed by atoms with E-state index in [1.165, 1.54) is 23.1 Å². The minimum Gasteiger partial charge on any atom is -0.493 e. The van der Waals surface area contributed by atoms with Gasteiger partial charge in [-0.1, -0.05) is 12.1 Å². The van der Waals surface area contributed by atoms with Crippen molar-refractivity contribution in [2.24, 2.45) is 0 Å². The zero-order valence-corrected chi connectivity index (χ0v) is 15.2. The Labute approximate surface area is 156 Å². The maximum absolute atomic E-state index is 10.7. The zero-order valence-electron chi connectivity index (χ0n) is 15.2. The van der Waals surface area contributed by atoms with Crippen LogP contribution in [0.25, 0.3) is 16.9 Å². The van der Waals surface area contributed by atoms with E-state index in [1.54, 1.807) is 50.4 Å². The van der Waals surface area contributed by atoms with Crippen LogP contribution in [0.1, 0.15) is 23.0 Å². The molecule has 0 aliphatic carbocycles. The van der Waals surface area contributed by atoms with Gasteiger partial charge in [0.15, 0.2) is 12.0 Å². The van der Waals surface area contributed by atoms with Crippen LogP contribution in [0.3, 0.4) is 0 Å². The molecule has 27 heavy (non-hydrogen) atoms. The van der Waals surface area contributed by atoms with Crippen molar-refractivity contribution in [2.45, 2.75) is 13.2 Å². The van der Waals surface area contributed by atoms with Crippen molar-refractivity contribution in [3.63, 3.8) is 0 Å². The van der Waals surface area contributed by atoms with Crippen molar-refractivity contribution < 1.29 is 15.1 Å². The summed E-state index contributed by atoms with van der Waals surface area (Å²) in [5.74, 6) is 0.360. The van der Waals surface area contributed by atoms with Crippen molar-refractivity contribution in [2.75, 3.05) is 14.2 Å². The molecule has 0 amide bonds. The van der Waals surface area contributed by atoms with Gasteiger partial charge in [-0.2, -0.15) is 20.1 Å². The van der Waals surface area contributed by atoms with Gasteiger partial charge < -0.3 is 10.2 Å². The van der Waals surface area contributed by atoms with Crippen molar-refractivity contribution in [3.8, 4) is 28.9 Å². The Balaban J connectivity index is 1.95. The molecular weight excluding hydrogens is 346 g/mol. The van der Waals surface area contributed by atoms with E-state index < -0.39 is 6.23 Å². The van der Waals surface area contributed by atoms with E-state index in [9.17, 15) is 10.2 Å². The second-order valence-corrected chi connectivity index (χ2v) is 5.94. The molecule has 8 nitrogen and oxygen atoms in total. The summed E-state index contributed by atoms with van der Waals surface area (Å²) >= 11 is 0. The smallest absolute Gasteiger partial charge is 0.223 e. The molecule has 0 bridgehead atoms. The number of aliphatic hydroxyl groups is 1. The van der Waals surface area contributed by atoms with Crippen molar-refractivity contribution >= 4 is 0 Å². The first-order valence-corrected chi connectivity index (χ1v) is 8.16. The van der Waals surface area contributed by atoms with Crippen molar-refractivity contribution in [1.29, 1.82) is 5.26 Å². The number of nitriles is 1. The number of nitrogens with zero attached hydrogens (tertiary/aromatic N) is 5. The summed E-state index contributed by atoms with van der Waals surface area (Å²) in [6.07, 6.45) is 0.534. The Morgan fingerprint density at radius 2 is 1.93 bits per heavy atom. The average molecular weight is 365 g/mol. The molecule has 0 aliphatic rings. The van der Waals surface area contributed by atoms with Gasteiger partial charge in [0.1, 0.15) is 0 Å². The van der Waals surface area contributed by atoms with Crippen LogP contribution in [-0.2, 0) is 4.84 Å². The Morgan fingerprint density at radius 1 is 1.22 bits per heavy atom. The SMILES string of the molecule is CON(C)C(O)c1ccc(-n2nc(C)c(-c3ccc(C#N)cc3)c2O)nc1. The van der Waals surface area contributed by atoms with E-state index in [-0.39, 0.29) is 5.88 Å². The lowest BCUT2D eigenvalue weighted by Crippen LogP contribution is -2.23. The molecular formula is C19H19N5O3. The van der Waals surface area contributed by atoms with E-state index in [4.69, 9.17) is 10.1 Å². The number of hydrogen-bond donors (Lipinski definition) is 2. The summed E-state index contributed by atoms with van der Waals surface area (Å²) in [4.78, 5) is 9.24. The molecule has 1 aromatic carbocycles. The summed E-state index contributed by atoms with van der Waals surface area (Å²) in [5.41, 5.74) is 3.04. The molecule has 3 aromatic rings. The lowest BCUT2D eigenvalue weighted by atomic mass is 10.0. The fraction of sp³-hybridized carbons (Fsp3) is 0.211. The Morgan fingerprint density at radius 3 is 2.48 bits per heavy atom. The van der Waals surface area contributed by atoms with Crippen molar-refractivity contribution in [1.82, 2.24) is 19.8 Å². The van der Waals surface area contributed by atoms with Gasteiger partial charge in [0, 0.05) is 18.8 Å². The van der Waals surface area contributed by atoms with Gasteiger partial charge in [0.05, 0.1) is 30.0 Å². The molecule has 8 heteroatoms. The minimum absolute atomic E-state index is 0.0491. The summed E-state index contributed by atoms with van der Waals surface area (Å²) in [5, 5.41) is 35.3. The molecule has 138 valence electrons. The van der Waals surface area contributed by atoms with Gasteiger partial charge in [0.25, 0.3) is 0 Å². The molecule has 0 saturated carbocycles. The molecule has 0 aliphatic heterocycles. The number of pyridine rings is 1. The highest BCUT2D eigenvalue weighted by molar-refractivity contribution is 5.72. The molecule has 0 radical (unpaired) electrons. The summed E-state index contributed by atoms with van der Waals surface area (Å²) < 4.78 is 1.33. The highest BCUT2D eigenvalue weighted by Crippen LogP contribution is 2.34. The Hall–Kier alpha value is -3.25. The number of aromatic hydroxyl groups is 1. The van der Waals surface area contributed by atoms with Crippen LogP contribution in [-0.4, -0.2) is 44.2 Å². The van der Waals surface area contributed by atoms with E-state index in [1.807, 2.05) is 0 Å². The summed E-state index contributed by atoms with van der Waals surface area (Å²) in [6.45, 7) is 1.79. The van der Waals surface area contributed by atoms with Crippen LogP contribution in [0.4, 0.5) is 0 Å². The molecule has 2 heterocycles. The lowest BCUT2D eigenvalue weighted by Gasteiger charge is -2.20. The second kappa shape index (κ2) is 7.55. The van der Waals surface area contributed by atoms with Gasteiger partial charge in [-0.15, -0.1) is 0 Å². The first-order valence-electron chi connectivity index (χ1n) is 8.16. The molecule has 1 unspecified atom stereocenters. The number of hydroxylamine groups is 2. The molecule has 0 saturated heterocycles. The molecule has 1 atom stereocenters. The maximum Gasteiger partial charge on any atom is 0.223 e. The lowest BCUT2D eigenvalue weighted by molar-refractivity contribution is -0.206. The Kier molecular flexibility index (Phi) is 5.19. The van der Waals surface area contributed by atoms with Gasteiger partial charge in [-0.25, -0.2) is 4.98 Å². The van der Waals surface area contributed by atoms with E-state index in [2.05, 4.69) is 16.2 Å². The fourth-order valence-electron chi connectivity index (χ4n) is 2.71. The predicted octanol–water partition coefficient (Wildman–Crippen LogP) is 2.30. The van der Waals surface area contributed by atoms with Crippen LogP contribution in [0.5, 0.6) is 5.88 Å². The van der Waals surface area contributed by atoms with E-state index in [0.717, 1.165) is 5.56 Å². The van der Waals surface area contributed by atoms with Gasteiger partial charge in [-0.05, 0) is 36.8 Å². The normalized spacial score (nSPS) is 12.1. The summed E-state index contributed by atoms with van der Waals surface area (Å²) in [6, 6.07) is 12.3. The standard InChI is InChI=1S/C19H19N5O3/c1-12-17(14-6-4-13(10-20)5-7-14)19(26)24(22-12)16-9-8-15(11-21-16)18(25)23(2)27-3/h4-9,11,18,25-26H,1-3H3. The third-order valence-corrected chi connectivity index (χ3v) is 4.26. The molecule has 0 fully saturated rings. The third kappa shape index (κ3) is 3.52. The first kappa shape index (κ1) is 18.5. The maximum atomic E-state index is 10.7. The highest BCUT2D eigenvalue weighted by atomic mass is 16.7. The first-order chi connectivity index (χ1) is 13.0. The summed E-state index contributed by atoms with van der Waals surface area (Å²) in [7, 11) is 3.06. The third-order valence-electron chi connectivity index (χ3n) is 4.26. The van der Waals surface area contributed by atoms with E-state index in [0.29, 0.717) is 28.2 Å². The molecule has 2 aromatic heterocycles. The minimum atomic E-state index is -0.960. The van der Waals surface area contributed by atoms with Gasteiger partial charge in [0.2, 0.25) is 5.88 Å². The van der Waals surface area contributed by atoms with Gasteiger partial charge in [-0.3, -0.25) is 4.84 Å². The van der Waals surface area contributed by atoms with E-state index >= 15 is 0 Å². The highest BCUT2D eigenvalue weighted by Gasteiger charge is 2.19. The van der Waals surface area contributed by atoms with Crippen LogP contribution < -0.4 is 0 Å². The van der Waals surface area contributed by atoms with Crippen LogP contribution >= 0.6 is 0 Å². The number of aromatic nitrogens is 3. The number of aliphatic hydroxyl groups excluding tert-OH is 1. The largest absolute Gasteiger partial charge is 0.493 e. The zero-order chi connectivity index (χ0) is 19.6. The number of hydrogen-bond acceptors (Lipinski definition) is 7. The van der Waals surface area contributed by atoms with Crippen molar-refractivity contribution in [3.05, 3.63) is 59.4 Å². The van der Waals surface area contributed by atoms with Crippen LogP contribution in [0, 0.1) is 18.3 Å². The number of rotatable bonds is 5. The topological polar surface area (TPSA) is 107 Å². The number of benzene rings is 1. The number of aryl methyl sites for hydroxylation is 1. The second-order valence-electron chi connectivity index (χ2n) is 5.94. The Bertz CT molecular complexity index is 974. The fourth-order valence-corrected chi connectivity index (χ4v) is 2.71. The predicted molar refractivity (Wildman–Crippen MR) is 97.6 cm³/mol. The van der Waals surface area contributed by atoms with Crippen LogP contribution in [0.2, 0.25) is 0 Å².